The van der Waals surface area contributed by atoms with Gasteiger partial charge in [-0.25, -0.2) is 0 Å². The molecule has 0 radical (unpaired) electrons. The number of carbonyl (C=O) groups excluding carboxylic acids is 1. The lowest BCUT2D eigenvalue weighted by Gasteiger charge is -2.19. The zero-order valence-corrected chi connectivity index (χ0v) is 17.3. The van der Waals surface area contributed by atoms with Gasteiger partial charge in [-0.3, -0.25) is 4.79 Å². The summed E-state index contributed by atoms with van der Waals surface area (Å²) in [6, 6.07) is 13.7. The summed E-state index contributed by atoms with van der Waals surface area (Å²) < 4.78 is 11.4. The molecule has 146 valence electrons. The second-order valence-electron chi connectivity index (χ2n) is 7.87. The van der Waals surface area contributed by atoms with E-state index in [1.54, 1.807) is 13.2 Å². The molecule has 0 aliphatic rings. The fourth-order valence-corrected chi connectivity index (χ4v) is 2.65. The molecule has 1 amide bonds. The Labute approximate surface area is 162 Å². The van der Waals surface area contributed by atoms with Gasteiger partial charge in [0.1, 0.15) is 18.1 Å². The highest BCUT2D eigenvalue weighted by molar-refractivity contribution is 5.94. The van der Waals surface area contributed by atoms with Crippen molar-refractivity contribution >= 4 is 5.91 Å². The molecule has 4 heteroatoms. The van der Waals surface area contributed by atoms with Crippen LogP contribution in [0.1, 0.15) is 62.5 Å². The molecule has 2 aromatic carbocycles. The monoisotopic (exact) mass is 369 g/mol. The summed E-state index contributed by atoms with van der Waals surface area (Å²) in [5.41, 5.74) is 2.82. The van der Waals surface area contributed by atoms with Crippen molar-refractivity contribution in [3.63, 3.8) is 0 Å². The average molecular weight is 370 g/mol. The van der Waals surface area contributed by atoms with Gasteiger partial charge in [-0.05, 0) is 54.7 Å². The van der Waals surface area contributed by atoms with Crippen LogP contribution >= 0.6 is 0 Å². The number of hydrogen-bond donors (Lipinski definition) is 1. The Morgan fingerprint density at radius 3 is 2.33 bits per heavy atom. The number of nitrogens with one attached hydrogen (secondary N) is 1. The fraction of sp³-hybridized carbons (Fsp3) is 0.435. The van der Waals surface area contributed by atoms with E-state index in [0.717, 1.165) is 17.7 Å². The second-order valence-corrected chi connectivity index (χ2v) is 7.87. The van der Waals surface area contributed by atoms with E-state index >= 15 is 0 Å². The van der Waals surface area contributed by atoms with Crippen molar-refractivity contribution in [2.45, 2.75) is 59.1 Å². The molecule has 0 spiro atoms. The first-order valence-electron chi connectivity index (χ1n) is 9.45. The third-order valence-corrected chi connectivity index (χ3v) is 4.65. The van der Waals surface area contributed by atoms with Crippen LogP contribution in [0.4, 0.5) is 0 Å². The zero-order chi connectivity index (χ0) is 20.0. The third kappa shape index (κ3) is 5.75. The second kappa shape index (κ2) is 8.94. The largest absolute Gasteiger partial charge is 0.496 e. The van der Waals surface area contributed by atoms with E-state index in [1.807, 2.05) is 38.1 Å². The Morgan fingerprint density at radius 2 is 1.78 bits per heavy atom. The minimum atomic E-state index is -0.0808. The lowest BCUT2D eigenvalue weighted by atomic mass is 9.87. The molecule has 0 unspecified atom stereocenters. The van der Waals surface area contributed by atoms with Gasteiger partial charge < -0.3 is 14.8 Å². The summed E-state index contributed by atoms with van der Waals surface area (Å²) in [5, 5.41) is 2.98. The molecular weight excluding hydrogens is 338 g/mol. The number of ether oxygens (including phenoxy) is 2. The fourth-order valence-electron chi connectivity index (χ4n) is 2.65. The molecular formula is C23H31NO3. The summed E-state index contributed by atoms with van der Waals surface area (Å²) in [6.45, 7) is 10.9. The molecule has 0 bridgehead atoms. The van der Waals surface area contributed by atoms with Crippen molar-refractivity contribution < 1.29 is 14.3 Å². The van der Waals surface area contributed by atoms with Gasteiger partial charge in [-0.1, -0.05) is 39.8 Å². The Bertz CT molecular complexity index is 760. The molecule has 1 atom stereocenters. The van der Waals surface area contributed by atoms with Crippen LogP contribution in [-0.4, -0.2) is 19.1 Å². The van der Waals surface area contributed by atoms with Crippen LogP contribution in [-0.2, 0) is 12.0 Å². The normalized spacial score (nSPS) is 12.4. The van der Waals surface area contributed by atoms with Gasteiger partial charge in [0, 0.05) is 17.2 Å². The summed E-state index contributed by atoms with van der Waals surface area (Å²) in [5.74, 6) is 1.42. The molecule has 27 heavy (non-hydrogen) atoms. The van der Waals surface area contributed by atoms with E-state index in [9.17, 15) is 4.79 Å². The van der Waals surface area contributed by atoms with Crippen LogP contribution in [0, 0.1) is 0 Å². The first-order valence-corrected chi connectivity index (χ1v) is 9.45. The van der Waals surface area contributed by atoms with Crippen LogP contribution in [0.3, 0.4) is 0 Å². The van der Waals surface area contributed by atoms with Crippen LogP contribution in [0.15, 0.2) is 42.5 Å². The molecule has 0 fully saturated rings. The van der Waals surface area contributed by atoms with Crippen LogP contribution < -0.4 is 14.8 Å². The smallest absolute Gasteiger partial charge is 0.251 e. The van der Waals surface area contributed by atoms with Gasteiger partial charge in [0.25, 0.3) is 5.91 Å². The molecule has 0 aliphatic heterocycles. The van der Waals surface area contributed by atoms with E-state index in [2.05, 4.69) is 38.2 Å². The minimum Gasteiger partial charge on any atom is -0.496 e. The third-order valence-electron chi connectivity index (χ3n) is 4.65. The highest BCUT2D eigenvalue weighted by Gasteiger charge is 2.14. The lowest BCUT2D eigenvalue weighted by molar-refractivity contribution is 0.0939. The van der Waals surface area contributed by atoms with Gasteiger partial charge >= 0.3 is 0 Å². The van der Waals surface area contributed by atoms with Crippen LogP contribution in [0.25, 0.3) is 0 Å². The number of rotatable bonds is 7. The van der Waals surface area contributed by atoms with Gasteiger partial charge in [0.15, 0.2) is 0 Å². The molecule has 1 N–H and O–H groups in total. The molecule has 0 aliphatic carbocycles. The van der Waals surface area contributed by atoms with Crippen molar-refractivity contribution in [2.75, 3.05) is 7.11 Å². The van der Waals surface area contributed by atoms with Crippen molar-refractivity contribution in [3.05, 3.63) is 59.2 Å². The predicted octanol–water partition coefficient (Wildman–Crippen LogP) is 5.10. The topological polar surface area (TPSA) is 47.6 Å². The Kier molecular flexibility index (Phi) is 6.89. The van der Waals surface area contributed by atoms with E-state index in [-0.39, 0.29) is 17.4 Å². The minimum absolute atomic E-state index is 0.0808. The molecule has 2 aromatic rings. The highest BCUT2D eigenvalue weighted by atomic mass is 16.5. The van der Waals surface area contributed by atoms with Gasteiger partial charge in [0.05, 0.1) is 7.11 Å². The van der Waals surface area contributed by atoms with E-state index in [4.69, 9.17) is 9.47 Å². The van der Waals surface area contributed by atoms with Crippen LogP contribution in [0.5, 0.6) is 11.5 Å². The van der Waals surface area contributed by atoms with Crippen molar-refractivity contribution in [3.8, 4) is 11.5 Å². The van der Waals surface area contributed by atoms with E-state index < -0.39 is 0 Å². The van der Waals surface area contributed by atoms with Gasteiger partial charge in [0.2, 0.25) is 0 Å². The highest BCUT2D eigenvalue weighted by Crippen LogP contribution is 2.26. The summed E-state index contributed by atoms with van der Waals surface area (Å²) in [7, 11) is 1.62. The molecule has 0 saturated carbocycles. The number of amides is 1. The molecule has 4 nitrogen and oxygen atoms in total. The lowest BCUT2D eigenvalue weighted by Crippen LogP contribution is -2.31. The Hall–Kier alpha value is -2.49. The first kappa shape index (κ1) is 20.8. The Morgan fingerprint density at radius 1 is 1.11 bits per heavy atom. The number of hydrogen-bond acceptors (Lipinski definition) is 3. The van der Waals surface area contributed by atoms with Crippen molar-refractivity contribution in [2.24, 2.45) is 0 Å². The van der Waals surface area contributed by atoms with Crippen molar-refractivity contribution in [1.82, 2.24) is 5.32 Å². The quantitative estimate of drug-likeness (QED) is 0.738. The van der Waals surface area contributed by atoms with Crippen LogP contribution in [0.2, 0.25) is 0 Å². The van der Waals surface area contributed by atoms with Gasteiger partial charge in [-0.2, -0.15) is 0 Å². The maximum absolute atomic E-state index is 12.4. The van der Waals surface area contributed by atoms with E-state index in [0.29, 0.717) is 17.9 Å². The standard InChI is InChI=1S/C23H31NO3/c1-7-16(2)24-22(25)17-8-13-21(26-6)18(14-17)15-27-20-11-9-19(10-12-20)23(3,4)5/h8-14,16H,7,15H2,1-6H3,(H,24,25)/t16-/m0/s1. The Balaban J connectivity index is 2.12. The van der Waals surface area contributed by atoms with Crippen molar-refractivity contribution in [1.29, 1.82) is 0 Å². The summed E-state index contributed by atoms with van der Waals surface area (Å²) in [6.07, 6.45) is 0.891. The zero-order valence-electron chi connectivity index (χ0n) is 17.3. The number of methoxy groups -OCH3 is 1. The molecule has 2 rings (SSSR count). The molecule has 0 heterocycles. The molecule has 0 saturated heterocycles. The summed E-state index contributed by atoms with van der Waals surface area (Å²) >= 11 is 0. The van der Waals surface area contributed by atoms with E-state index in [1.165, 1.54) is 5.56 Å². The number of carbonyl (C=O) groups is 1. The SMILES string of the molecule is CC[C@H](C)NC(=O)c1ccc(OC)c(COc2ccc(C(C)(C)C)cc2)c1. The average Bonchev–Trinajstić information content (AvgIpc) is 2.65. The maximum Gasteiger partial charge on any atom is 0.251 e. The first-order chi connectivity index (χ1) is 12.7. The number of benzene rings is 2. The summed E-state index contributed by atoms with van der Waals surface area (Å²) in [4.78, 5) is 12.4. The predicted molar refractivity (Wildman–Crippen MR) is 110 cm³/mol. The molecule has 0 aromatic heterocycles. The maximum atomic E-state index is 12.4. The van der Waals surface area contributed by atoms with Gasteiger partial charge in [-0.15, -0.1) is 0 Å².